The van der Waals surface area contributed by atoms with E-state index in [0.717, 1.165) is 16.7 Å². The van der Waals surface area contributed by atoms with Crippen molar-refractivity contribution in [3.8, 4) is 28.5 Å². The molecule has 3 aromatic rings. The van der Waals surface area contributed by atoms with Gasteiger partial charge in [-0.2, -0.15) is 5.26 Å². The summed E-state index contributed by atoms with van der Waals surface area (Å²) in [6.07, 6.45) is 1.70. The normalized spacial score (nSPS) is 9.96. The van der Waals surface area contributed by atoms with E-state index >= 15 is 0 Å². The van der Waals surface area contributed by atoms with Crippen LogP contribution in [-0.4, -0.2) is 11.7 Å². The van der Waals surface area contributed by atoms with Gasteiger partial charge in [-0.25, -0.2) is 0 Å². The molecular formula is C21H17N3OS. The van der Waals surface area contributed by atoms with Gasteiger partial charge in [0.05, 0.1) is 0 Å². The van der Waals surface area contributed by atoms with E-state index in [1.54, 1.807) is 6.08 Å². The van der Waals surface area contributed by atoms with E-state index in [1.165, 1.54) is 0 Å². The Morgan fingerprint density at radius 3 is 2.27 bits per heavy atom. The average Bonchev–Trinajstić information content (AvgIpc) is 3.05. The Bertz CT molecular complexity index is 956. The van der Waals surface area contributed by atoms with Crippen molar-refractivity contribution in [2.24, 2.45) is 0 Å². The minimum absolute atomic E-state index is 0.326. The van der Waals surface area contributed by atoms with Crippen LogP contribution >= 0.6 is 12.2 Å². The molecule has 128 valence electrons. The van der Waals surface area contributed by atoms with Gasteiger partial charge < -0.3 is 15.1 Å². The quantitative estimate of drug-likeness (QED) is 0.498. The van der Waals surface area contributed by atoms with Gasteiger partial charge >= 0.3 is 0 Å². The summed E-state index contributed by atoms with van der Waals surface area (Å²) in [5.74, 6) is 0.953. The van der Waals surface area contributed by atoms with E-state index in [1.807, 2.05) is 60.7 Å². The summed E-state index contributed by atoms with van der Waals surface area (Å²) in [4.78, 5) is 0. The highest BCUT2D eigenvalue weighted by molar-refractivity contribution is 7.80. The second-order valence-corrected chi connectivity index (χ2v) is 5.89. The van der Waals surface area contributed by atoms with Crippen molar-refractivity contribution in [1.82, 2.24) is 5.32 Å². The number of nitrogens with one attached hydrogen (secondary N) is 2. The van der Waals surface area contributed by atoms with E-state index in [2.05, 4.69) is 23.3 Å². The molecule has 0 spiro atoms. The molecule has 0 bridgehead atoms. The average molecular weight is 359 g/mol. The summed E-state index contributed by atoms with van der Waals surface area (Å²) in [5.41, 5.74) is 2.96. The highest BCUT2D eigenvalue weighted by Crippen LogP contribution is 2.41. The third-order valence-electron chi connectivity index (χ3n) is 3.75. The first-order chi connectivity index (χ1) is 12.7. The van der Waals surface area contributed by atoms with Gasteiger partial charge in [-0.1, -0.05) is 66.7 Å². The Labute approximate surface area is 157 Å². The lowest BCUT2D eigenvalue weighted by Gasteiger charge is -2.06. The molecule has 2 N–H and O–H groups in total. The summed E-state index contributed by atoms with van der Waals surface area (Å²) < 4.78 is 6.04. The minimum atomic E-state index is 0.326. The van der Waals surface area contributed by atoms with E-state index < -0.39 is 0 Å². The molecule has 0 fully saturated rings. The van der Waals surface area contributed by atoms with Crippen LogP contribution in [0.1, 0.15) is 5.56 Å². The maximum atomic E-state index is 9.78. The molecule has 4 nitrogen and oxygen atoms in total. The first kappa shape index (κ1) is 17.5. The number of rotatable bonds is 5. The Morgan fingerprint density at radius 2 is 1.69 bits per heavy atom. The fourth-order valence-electron chi connectivity index (χ4n) is 2.61. The van der Waals surface area contributed by atoms with Crippen LogP contribution in [0.2, 0.25) is 0 Å². The predicted octanol–water partition coefficient (Wildman–Crippen LogP) is 4.96. The molecule has 0 aliphatic carbocycles. The lowest BCUT2D eigenvalue weighted by molar-refractivity contribution is 0.601. The highest BCUT2D eigenvalue weighted by atomic mass is 32.1. The zero-order chi connectivity index (χ0) is 18.4. The van der Waals surface area contributed by atoms with Crippen molar-refractivity contribution in [3.05, 3.63) is 78.9 Å². The van der Waals surface area contributed by atoms with Crippen LogP contribution in [-0.2, 0) is 0 Å². The molecule has 0 radical (unpaired) electrons. The maximum absolute atomic E-state index is 9.78. The topological polar surface area (TPSA) is 61.0 Å². The standard InChI is InChI=1S/C21H17N3OS/c1-2-13-23-21(26)24-20-17(14-22)18(15-9-5-3-6-10-15)19(25-20)16-11-7-4-8-12-16/h2-12H,1,13H2,(H2,23,24,26). The molecule has 3 rings (SSSR count). The zero-order valence-corrected chi connectivity index (χ0v) is 14.8. The number of nitrogens with zero attached hydrogens (tertiary/aromatic N) is 1. The van der Waals surface area contributed by atoms with Crippen molar-refractivity contribution >= 4 is 23.2 Å². The van der Waals surface area contributed by atoms with Gasteiger partial charge in [-0.3, -0.25) is 0 Å². The van der Waals surface area contributed by atoms with E-state index in [9.17, 15) is 5.26 Å². The summed E-state index contributed by atoms with van der Waals surface area (Å²) in [6.45, 7) is 4.16. The smallest absolute Gasteiger partial charge is 0.218 e. The molecule has 0 saturated carbocycles. The largest absolute Gasteiger partial charge is 0.438 e. The number of thiocarbonyl (C=S) groups is 1. The van der Waals surface area contributed by atoms with Crippen molar-refractivity contribution in [1.29, 1.82) is 5.26 Å². The Hall–Kier alpha value is -3.36. The summed E-state index contributed by atoms with van der Waals surface area (Å²) >= 11 is 5.26. The molecule has 0 unspecified atom stereocenters. The van der Waals surface area contributed by atoms with Gasteiger partial charge in [-0.15, -0.1) is 6.58 Å². The van der Waals surface area contributed by atoms with Crippen molar-refractivity contribution in [2.75, 3.05) is 11.9 Å². The Kier molecular flexibility index (Phi) is 5.47. The van der Waals surface area contributed by atoms with Crippen LogP contribution < -0.4 is 10.6 Å². The van der Waals surface area contributed by atoms with Crippen molar-refractivity contribution < 1.29 is 4.42 Å². The van der Waals surface area contributed by atoms with Gasteiger partial charge in [0, 0.05) is 17.7 Å². The fourth-order valence-corrected chi connectivity index (χ4v) is 2.79. The van der Waals surface area contributed by atoms with Crippen LogP contribution in [0.4, 0.5) is 5.88 Å². The van der Waals surface area contributed by atoms with Crippen molar-refractivity contribution in [3.63, 3.8) is 0 Å². The summed E-state index contributed by atoms with van der Waals surface area (Å²) in [6, 6.07) is 21.7. The molecule has 0 aliphatic rings. The molecule has 0 amide bonds. The van der Waals surface area contributed by atoms with E-state index in [4.69, 9.17) is 16.6 Å². The van der Waals surface area contributed by atoms with Crippen LogP contribution in [0.5, 0.6) is 0 Å². The summed E-state index contributed by atoms with van der Waals surface area (Å²) in [7, 11) is 0. The number of hydrogen-bond donors (Lipinski definition) is 2. The van der Waals surface area contributed by atoms with Gasteiger partial charge in [0.25, 0.3) is 0 Å². The van der Waals surface area contributed by atoms with Gasteiger partial charge in [0.1, 0.15) is 17.4 Å². The third-order valence-corrected chi connectivity index (χ3v) is 4.00. The Balaban J connectivity index is 2.13. The van der Waals surface area contributed by atoms with Crippen LogP contribution in [0.15, 0.2) is 77.7 Å². The molecular weight excluding hydrogens is 342 g/mol. The third kappa shape index (κ3) is 3.66. The zero-order valence-electron chi connectivity index (χ0n) is 14.0. The first-order valence-electron chi connectivity index (χ1n) is 8.08. The second kappa shape index (κ2) is 8.15. The van der Waals surface area contributed by atoms with E-state index in [0.29, 0.717) is 28.9 Å². The first-order valence-corrected chi connectivity index (χ1v) is 8.49. The minimum Gasteiger partial charge on any atom is -0.438 e. The predicted molar refractivity (Wildman–Crippen MR) is 109 cm³/mol. The lowest BCUT2D eigenvalue weighted by atomic mass is 9.98. The maximum Gasteiger partial charge on any atom is 0.218 e. The molecule has 26 heavy (non-hydrogen) atoms. The van der Waals surface area contributed by atoms with Crippen LogP contribution in [0, 0.1) is 11.3 Å². The number of furan rings is 1. The molecule has 0 atom stereocenters. The molecule has 2 aromatic carbocycles. The molecule has 1 aromatic heterocycles. The van der Waals surface area contributed by atoms with Gasteiger partial charge in [-0.05, 0) is 17.8 Å². The van der Waals surface area contributed by atoms with E-state index in [-0.39, 0.29) is 0 Å². The second-order valence-electron chi connectivity index (χ2n) is 5.48. The molecule has 0 saturated heterocycles. The van der Waals surface area contributed by atoms with Crippen LogP contribution in [0.25, 0.3) is 22.5 Å². The monoisotopic (exact) mass is 359 g/mol. The number of anilines is 1. The fraction of sp³-hybridized carbons (Fsp3) is 0.0476. The lowest BCUT2D eigenvalue weighted by Crippen LogP contribution is -2.28. The number of benzene rings is 2. The molecule has 0 aliphatic heterocycles. The van der Waals surface area contributed by atoms with Crippen LogP contribution in [0.3, 0.4) is 0 Å². The number of nitriles is 1. The van der Waals surface area contributed by atoms with Crippen molar-refractivity contribution in [2.45, 2.75) is 0 Å². The molecule has 1 heterocycles. The number of hydrogen-bond acceptors (Lipinski definition) is 3. The summed E-state index contributed by atoms with van der Waals surface area (Å²) in [5, 5.41) is 16.1. The SMILES string of the molecule is C=CCNC(=S)Nc1oc(-c2ccccc2)c(-c2ccccc2)c1C#N. The van der Waals surface area contributed by atoms with Gasteiger partial charge in [0.2, 0.25) is 5.88 Å². The Morgan fingerprint density at radius 1 is 1.08 bits per heavy atom. The molecule has 5 heteroatoms. The highest BCUT2D eigenvalue weighted by Gasteiger charge is 2.23. The van der Waals surface area contributed by atoms with Gasteiger partial charge in [0.15, 0.2) is 5.11 Å².